The molecular formula is C17H25NO4S2. The molecule has 0 unspecified atom stereocenters. The van der Waals surface area contributed by atoms with Gasteiger partial charge in [0.05, 0.1) is 15.4 Å². The zero-order valence-electron chi connectivity index (χ0n) is 14.2. The number of hydrogen-bond acceptors (Lipinski definition) is 4. The van der Waals surface area contributed by atoms with Crippen LogP contribution in [0.5, 0.6) is 0 Å². The van der Waals surface area contributed by atoms with E-state index in [1.807, 2.05) is 13.0 Å². The smallest absolute Gasteiger partial charge is 0.228 e. The number of rotatable bonds is 4. The molecule has 1 saturated heterocycles. The van der Waals surface area contributed by atoms with E-state index >= 15 is 0 Å². The second kappa shape index (κ2) is 6.42. The Morgan fingerprint density at radius 1 is 0.917 bits per heavy atom. The maximum Gasteiger partial charge on any atom is 0.243 e. The number of hydrogen-bond donors (Lipinski definition) is 0. The fourth-order valence-corrected chi connectivity index (χ4v) is 7.93. The highest BCUT2D eigenvalue weighted by Gasteiger charge is 2.46. The third kappa shape index (κ3) is 3.13. The molecule has 1 saturated carbocycles. The molecule has 0 N–H and O–H groups in total. The molecule has 0 spiro atoms. The highest BCUT2D eigenvalue weighted by Crippen LogP contribution is 2.32. The van der Waals surface area contributed by atoms with E-state index in [1.165, 1.54) is 4.31 Å². The van der Waals surface area contributed by atoms with Gasteiger partial charge in [-0.3, -0.25) is 0 Å². The zero-order chi connectivity index (χ0) is 17.5. The van der Waals surface area contributed by atoms with Crippen LogP contribution in [0, 0.1) is 13.8 Å². The summed E-state index contributed by atoms with van der Waals surface area (Å²) in [6, 6.07) is 5.22. The van der Waals surface area contributed by atoms with Gasteiger partial charge in [-0.05, 0) is 38.3 Å². The van der Waals surface area contributed by atoms with Gasteiger partial charge in [-0.15, -0.1) is 0 Å². The summed E-state index contributed by atoms with van der Waals surface area (Å²) in [7, 11) is -6.83. The minimum absolute atomic E-state index is 0.0917. The topological polar surface area (TPSA) is 71.5 Å². The first-order chi connectivity index (χ1) is 11.2. The first-order valence-electron chi connectivity index (χ1n) is 8.53. The van der Waals surface area contributed by atoms with E-state index in [1.54, 1.807) is 19.1 Å². The molecule has 1 aliphatic carbocycles. The fourth-order valence-electron chi connectivity index (χ4n) is 3.70. The second-order valence-corrected chi connectivity index (χ2v) is 11.5. The molecule has 0 radical (unpaired) electrons. The van der Waals surface area contributed by atoms with Gasteiger partial charge in [0.25, 0.3) is 0 Å². The lowest BCUT2D eigenvalue weighted by molar-refractivity contribution is 0.306. The minimum Gasteiger partial charge on any atom is -0.228 e. The van der Waals surface area contributed by atoms with Gasteiger partial charge in [0.15, 0.2) is 9.84 Å². The third-order valence-electron chi connectivity index (χ3n) is 5.24. The Bertz CT molecular complexity index is 818. The predicted molar refractivity (Wildman–Crippen MR) is 94.3 cm³/mol. The first kappa shape index (κ1) is 17.9. The van der Waals surface area contributed by atoms with Crippen LogP contribution in [0.3, 0.4) is 0 Å². The molecule has 134 valence electrons. The van der Waals surface area contributed by atoms with Gasteiger partial charge in [0.1, 0.15) is 0 Å². The SMILES string of the molecule is Cc1ccc(S(=O)(=O)N2CC(S(=O)(=O)C3CCCCC3)C2)c(C)c1. The molecule has 1 aromatic carbocycles. The van der Waals surface area contributed by atoms with Crippen molar-refractivity contribution in [3.8, 4) is 0 Å². The van der Waals surface area contributed by atoms with Gasteiger partial charge >= 0.3 is 0 Å². The van der Waals surface area contributed by atoms with Crippen LogP contribution in [-0.2, 0) is 19.9 Å². The van der Waals surface area contributed by atoms with Crippen LogP contribution >= 0.6 is 0 Å². The van der Waals surface area contributed by atoms with Gasteiger partial charge in [0, 0.05) is 13.1 Å². The van der Waals surface area contributed by atoms with E-state index < -0.39 is 25.1 Å². The normalized spacial score (nSPS) is 21.6. The number of nitrogens with zero attached hydrogens (tertiary/aromatic N) is 1. The monoisotopic (exact) mass is 371 g/mol. The molecule has 0 bridgehead atoms. The molecule has 2 fully saturated rings. The average molecular weight is 372 g/mol. The van der Waals surface area contributed by atoms with Crippen molar-refractivity contribution < 1.29 is 16.8 Å². The fraction of sp³-hybridized carbons (Fsp3) is 0.647. The van der Waals surface area contributed by atoms with E-state index in [0.29, 0.717) is 5.56 Å². The number of aryl methyl sites for hydroxylation is 2. The van der Waals surface area contributed by atoms with E-state index in [4.69, 9.17) is 0 Å². The molecule has 7 heteroatoms. The van der Waals surface area contributed by atoms with Crippen LogP contribution in [0.1, 0.15) is 43.2 Å². The van der Waals surface area contributed by atoms with Gasteiger partial charge in [0.2, 0.25) is 10.0 Å². The van der Waals surface area contributed by atoms with E-state index in [2.05, 4.69) is 0 Å². The number of benzene rings is 1. The zero-order valence-corrected chi connectivity index (χ0v) is 15.9. The molecule has 24 heavy (non-hydrogen) atoms. The number of sulfonamides is 1. The maximum atomic E-state index is 12.7. The summed E-state index contributed by atoms with van der Waals surface area (Å²) in [5.74, 6) is 0. The Morgan fingerprint density at radius 2 is 1.54 bits per heavy atom. The van der Waals surface area contributed by atoms with Crippen molar-refractivity contribution in [1.82, 2.24) is 4.31 Å². The van der Waals surface area contributed by atoms with Crippen molar-refractivity contribution in [1.29, 1.82) is 0 Å². The van der Waals surface area contributed by atoms with Crippen molar-refractivity contribution in [2.45, 2.75) is 61.3 Å². The Labute approximate surface area is 145 Å². The van der Waals surface area contributed by atoms with Gasteiger partial charge in [-0.2, -0.15) is 4.31 Å². The van der Waals surface area contributed by atoms with Crippen molar-refractivity contribution in [3.05, 3.63) is 29.3 Å². The molecule has 1 aliphatic heterocycles. The molecule has 1 aromatic rings. The lowest BCUT2D eigenvalue weighted by atomic mass is 10.0. The predicted octanol–water partition coefficient (Wildman–Crippen LogP) is 2.42. The molecule has 0 atom stereocenters. The standard InChI is InChI=1S/C17H25NO4S2/c1-13-8-9-17(14(2)10-13)24(21,22)18-11-16(12-18)23(19,20)15-6-4-3-5-7-15/h8-10,15-16H,3-7,11-12H2,1-2H3. The lowest BCUT2D eigenvalue weighted by Crippen LogP contribution is -2.58. The summed E-state index contributed by atoms with van der Waals surface area (Å²) >= 11 is 0. The Balaban J connectivity index is 1.73. The number of sulfone groups is 1. The molecule has 1 heterocycles. The minimum atomic E-state index is -3.60. The van der Waals surface area contributed by atoms with Crippen LogP contribution in [0.4, 0.5) is 0 Å². The van der Waals surface area contributed by atoms with Crippen LogP contribution in [0.25, 0.3) is 0 Å². The Hall–Kier alpha value is -0.920. The average Bonchev–Trinajstić information content (AvgIpc) is 2.45. The second-order valence-electron chi connectivity index (χ2n) is 7.06. The Morgan fingerprint density at radius 3 is 2.12 bits per heavy atom. The summed E-state index contributed by atoms with van der Waals surface area (Å²) in [4.78, 5) is 0.279. The summed E-state index contributed by atoms with van der Waals surface area (Å²) in [6.07, 6.45) is 4.47. The summed E-state index contributed by atoms with van der Waals surface area (Å²) in [6.45, 7) is 3.87. The lowest BCUT2D eigenvalue weighted by Gasteiger charge is -2.40. The van der Waals surface area contributed by atoms with Crippen molar-refractivity contribution in [2.24, 2.45) is 0 Å². The summed E-state index contributed by atoms with van der Waals surface area (Å²) < 4.78 is 52.1. The van der Waals surface area contributed by atoms with Crippen LogP contribution in [0.15, 0.2) is 23.1 Å². The molecule has 5 nitrogen and oxygen atoms in total. The van der Waals surface area contributed by atoms with Gasteiger partial charge in [-0.1, -0.05) is 37.0 Å². The largest absolute Gasteiger partial charge is 0.243 e. The van der Waals surface area contributed by atoms with Crippen molar-refractivity contribution in [3.63, 3.8) is 0 Å². The van der Waals surface area contributed by atoms with E-state index in [9.17, 15) is 16.8 Å². The maximum absolute atomic E-state index is 12.7. The molecule has 3 rings (SSSR count). The van der Waals surface area contributed by atoms with Crippen LogP contribution in [-0.4, -0.2) is 44.7 Å². The van der Waals surface area contributed by atoms with Crippen LogP contribution < -0.4 is 0 Å². The molecular weight excluding hydrogens is 346 g/mol. The van der Waals surface area contributed by atoms with E-state index in [0.717, 1.165) is 37.7 Å². The summed E-state index contributed by atoms with van der Waals surface area (Å²) in [5.41, 5.74) is 1.71. The molecule has 0 amide bonds. The Kier molecular flexibility index (Phi) is 4.79. The van der Waals surface area contributed by atoms with E-state index in [-0.39, 0.29) is 23.2 Å². The third-order valence-corrected chi connectivity index (χ3v) is 9.86. The quantitative estimate of drug-likeness (QED) is 0.815. The molecule has 0 aromatic heterocycles. The highest BCUT2D eigenvalue weighted by molar-refractivity contribution is 7.93. The highest BCUT2D eigenvalue weighted by atomic mass is 32.2. The van der Waals surface area contributed by atoms with Crippen molar-refractivity contribution >= 4 is 19.9 Å². The first-order valence-corrected chi connectivity index (χ1v) is 11.6. The van der Waals surface area contributed by atoms with Crippen LogP contribution in [0.2, 0.25) is 0 Å². The summed E-state index contributed by atoms with van der Waals surface area (Å²) in [5, 5.41) is -0.816. The van der Waals surface area contributed by atoms with Gasteiger partial charge in [-0.25, -0.2) is 16.8 Å². The van der Waals surface area contributed by atoms with Gasteiger partial charge < -0.3 is 0 Å². The molecule has 2 aliphatic rings. The van der Waals surface area contributed by atoms with Crippen molar-refractivity contribution in [2.75, 3.05) is 13.1 Å².